The van der Waals surface area contributed by atoms with Crippen LogP contribution in [0.4, 0.5) is 0 Å². The molecule has 0 aromatic heterocycles. The maximum Gasteiger partial charge on any atom is 0.149 e. The fourth-order valence-electron chi connectivity index (χ4n) is 7.43. The average molecular weight is 419 g/mol. The van der Waals surface area contributed by atoms with Crippen LogP contribution in [0.15, 0.2) is 96.6 Å². The Hall–Kier alpha value is -3.26. The van der Waals surface area contributed by atoms with E-state index in [1.54, 1.807) is 0 Å². The van der Waals surface area contributed by atoms with Gasteiger partial charge in [0, 0.05) is 11.3 Å². The second kappa shape index (κ2) is 6.16. The topological polar surface area (TPSA) is 34.1 Å². The molecule has 32 heavy (non-hydrogen) atoms. The molecule has 0 saturated heterocycles. The molecule has 0 heterocycles. The average Bonchev–Trinajstić information content (AvgIpc) is 3.42. The van der Waals surface area contributed by atoms with Gasteiger partial charge in [0.15, 0.2) is 0 Å². The molecule has 0 unspecified atom stereocenters. The van der Waals surface area contributed by atoms with Gasteiger partial charge < -0.3 is 0 Å². The van der Waals surface area contributed by atoms with Gasteiger partial charge in [-0.1, -0.05) is 103 Å². The third kappa shape index (κ3) is 1.93. The van der Waals surface area contributed by atoms with Gasteiger partial charge in [-0.2, -0.15) is 0 Å². The minimum atomic E-state index is -0.766. The van der Waals surface area contributed by atoms with Gasteiger partial charge in [-0.15, -0.1) is 0 Å². The molecule has 2 saturated carbocycles. The van der Waals surface area contributed by atoms with Crippen LogP contribution in [0, 0.1) is 22.7 Å². The van der Waals surface area contributed by atoms with Gasteiger partial charge in [0.2, 0.25) is 0 Å². The maximum absolute atomic E-state index is 14.4. The van der Waals surface area contributed by atoms with Gasteiger partial charge in [-0.05, 0) is 36.1 Å². The van der Waals surface area contributed by atoms with Crippen molar-refractivity contribution in [3.05, 3.63) is 113 Å². The van der Waals surface area contributed by atoms with Gasteiger partial charge >= 0.3 is 0 Å². The molecule has 0 amide bonds. The lowest BCUT2D eigenvalue weighted by molar-refractivity contribution is -0.145. The molecule has 3 aromatic carbocycles. The molecule has 6 rings (SSSR count). The van der Waals surface area contributed by atoms with Crippen LogP contribution in [0.5, 0.6) is 0 Å². The Morgan fingerprint density at radius 1 is 0.656 bits per heavy atom. The van der Waals surface area contributed by atoms with Gasteiger partial charge in [0.25, 0.3) is 0 Å². The maximum atomic E-state index is 14.4. The first kappa shape index (κ1) is 19.4. The van der Waals surface area contributed by atoms with Crippen LogP contribution in [0.2, 0.25) is 0 Å². The number of carbonyl (C=O) groups excluding carboxylic acids is 2. The van der Waals surface area contributed by atoms with E-state index in [-0.39, 0.29) is 23.4 Å². The van der Waals surface area contributed by atoms with E-state index < -0.39 is 16.2 Å². The number of hydrogen-bond acceptors (Lipinski definition) is 2. The van der Waals surface area contributed by atoms with Crippen molar-refractivity contribution in [1.82, 2.24) is 0 Å². The molecular formula is C30H26O2. The summed E-state index contributed by atoms with van der Waals surface area (Å²) in [5, 5.41) is 0. The van der Waals surface area contributed by atoms with Crippen LogP contribution in [0.1, 0.15) is 37.5 Å². The Bertz CT molecular complexity index is 1250. The van der Waals surface area contributed by atoms with Crippen molar-refractivity contribution in [3.8, 4) is 0 Å². The molecule has 0 aliphatic heterocycles. The van der Waals surface area contributed by atoms with Crippen molar-refractivity contribution < 1.29 is 9.59 Å². The van der Waals surface area contributed by atoms with Crippen LogP contribution in [-0.2, 0) is 15.0 Å². The summed E-state index contributed by atoms with van der Waals surface area (Å²) in [4.78, 5) is 28.7. The van der Waals surface area contributed by atoms with Crippen LogP contribution >= 0.6 is 0 Å². The molecular weight excluding hydrogens is 392 g/mol. The Balaban J connectivity index is 1.59. The summed E-state index contributed by atoms with van der Waals surface area (Å²) in [6.07, 6.45) is 0. The van der Waals surface area contributed by atoms with Crippen molar-refractivity contribution in [2.45, 2.75) is 26.2 Å². The summed E-state index contributed by atoms with van der Waals surface area (Å²) < 4.78 is 0. The fourth-order valence-corrected chi connectivity index (χ4v) is 7.43. The van der Waals surface area contributed by atoms with E-state index in [0.717, 1.165) is 27.8 Å². The minimum Gasteiger partial charge on any atom is -0.298 e. The normalized spacial score (nSPS) is 32.1. The van der Waals surface area contributed by atoms with Gasteiger partial charge in [0.05, 0.1) is 16.7 Å². The molecule has 2 heteroatoms. The first-order valence-electron chi connectivity index (χ1n) is 11.4. The largest absolute Gasteiger partial charge is 0.298 e. The fraction of sp³-hybridized carbons (Fsp3) is 0.267. The lowest BCUT2D eigenvalue weighted by Gasteiger charge is -2.52. The Morgan fingerprint density at radius 3 is 1.62 bits per heavy atom. The number of Topliss-reactive ketones (excluding diaryl/α,β-unsaturated/α-hetero) is 2. The third-order valence-corrected chi connectivity index (χ3v) is 8.74. The summed E-state index contributed by atoms with van der Waals surface area (Å²) in [5.41, 5.74) is 3.15. The molecule has 0 bridgehead atoms. The van der Waals surface area contributed by atoms with Gasteiger partial charge in [0.1, 0.15) is 11.6 Å². The van der Waals surface area contributed by atoms with E-state index in [0.29, 0.717) is 0 Å². The monoisotopic (exact) mass is 418 g/mol. The summed E-state index contributed by atoms with van der Waals surface area (Å²) in [6, 6.07) is 30.5. The van der Waals surface area contributed by atoms with Gasteiger partial charge in [-0.3, -0.25) is 9.59 Å². The van der Waals surface area contributed by atoms with E-state index in [2.05, 4.69) is 36.4 Å². The first-order valence-corrected chi connectivity index (χ1v) is 11.4. The second-order valence-electron chi connectivity index (χ2n) is 9.96. The molecule has 158 valence electrons. The Morgan fingerprint density at radius 2 is 1.12 bits per heavy atom. The summed E-state index contributed by atoms with van der Waals surface area (Å²) in [6.45, 7) is 6.08. The van der Waals surface area contributed by atoms with E-state index in [9.17, 15) is 9.59 Å². The quantitative estimate of drug-likeness (QED) is 0.533. The molecule has 0 radical (unpaired) electrons. The highest BCUT2D eigenvalue weighted by atomic mass is 16.2. The zero-order valence-electron chi connectivity index (χ0n) is 18.6. The number of hydrogen-bond donors (Lipinski definition) is 0. The standard InChI is InChI=1S/C30H26O2/c1-19-23(20-13-7-4-8-14-20)28(2)24(19)26(31)29(3)25(27(28)32)30(29,21-15-9-5-10-16-21)22-17-11-6-12-18-22/h4-18,24-25H,1-3H3/t24-,25+,28-,29+/m1/s1. The lowest BCUT2D eigenvalue weighted by atomic mass is 9.48. The molecule has 2 nitrogen and oxygen atoms in total. The molecule has 3 aliphatic carbocycles. The minimum absolute atomic E-state index is 0.210. The zero-order chi connectivity index (χ0) is 22.3. The predicted octanol–water partition coefficient (Wildman–Crippen LogP) is 5.87. The summed E-state index contributed by atoms with van der Waals surface area (Å²) in [7, 11) is 0. The van der Waals surface area contributed by atoms with Gasteiger partial charge in [-0.25, -0.2) is 0 Å². The lowest BCUT2D eigenvalue weighted by Crippen LogP contribution is -2.55. The zero-order valence-corrected chi connectivity index (χ0v) is 18.6. The predicted molar refractivity (Wildman–Crippen MR) is 126 cm³/mol. The summed E-state index contributed by atoms with van der Waals surface area (Å²) in [5.74, 6) is -0.280. The Kier molecular flexibility index (Phi) is 3.74. The molecule has 0 spiro atoms. The highest BCUT2D eigenvalue weighted by Gasteiger charge is 2.87. The molecule has 3 aliphatic rings. The smallest absolute Gasteiger partial charge is 0.149 e. The second-order valence-corrected chi connectivity index (χ2v) is 9.96. The highest BCUT2D eigenvalue weighted by Crippen LogP contribution is 2.81. The molecule has 3 aromatic rings. The number of allylic oxidation sites excluding steroid dienone is 2. The van der Waals surface area contributed by atoms with Crippen molar-refractivity contribution in [1.29, 1.82) is 0 Å². The number of fused-ring (bicyclic) bond motifs is 2. The number of benzene rings is 3. The van der Waals surface area contributed by atoms with Crippen molar-refractivity contribution >= 4 is 17.1 Å². The molecule has 4 atom stereocenters. The van der Waals surface area contributed by atoms with Crippen LogP contribution in [0.25, 0.3) is 5.57 Å². The van der Waals surface area contributed by atoms with E-state index >= 15 is 0 Å². The number of ketones is 2. The van der Waals surface area contributed by atoms with E-state index in [4.69, 9.17) is 0 Å². The highest BCUT2D eigenvalue weighted by molar-refractivity contribution is 6.21. The first-order chi connectivity index (χ1) is 15.4. The SMILES string of the molecule is CC1=C(c2ccccc2)[C@@]2(C)C(=O)[C@@H]3C(c4ccccc4)(c4ccccc4)[C@]3(C)C(=O)[C@@H]12. The van der Waals surface area contributed by atoms with Crippen molar-refractivity contribution in [2.24, 2.45) is 22.7 Å². The van der Waals surface area contributed by atoms with E-state index in [1.807, 2.05) is 75.4 Å². The van der Waals surface area contributed by atoms with Crippen LogP contribution in [0.3, 0.4) is 0 Å². The molecule has 2 fully saturated rings. The molecule has 0 N–H and O–H groups in total. The summed E-state index contributed by atoms with van der Waals surface area (Å²) >= 11 is 0. The number of carbonyl (C=O) groups is 2. The van der Waals surface area contributed by atoms with Crippen LogP contribution in [-0.4, -0.2) is 11.6 Å². The van der Waals surface area contributed by atoms with Crippen molar-refractivity contribution in [2.75, 3.05) is 0 Å². The van der Waals surface area contributed by atoms with Crippen molar-refractivity contribution in [3.63, 3.8) is 0 Å². The van der Waals surface area contributed by atoms with E-state index in [1.165, 1.54) is 0 Å². The third-order valence-electron chi connectivity index (χ3n) is 8.74. The number of rotatable bonds is 3. The van der Waals surface area contributed by atoms with Crippen LogP contribution < -0.4 is 0 Å². The Labute approximate surface area is 189 Å².